The lowest BCUT2D eigenvalue weighted by Gasteiger charge is -2.17. The van der Waals surface area contributed by atoms with Gasteiger partial charge in [-0.3, -0.25) is 10.1 Å². The van der Waals surface area contributed by atoms with Gasteiger partial charge in [-0.25, -0.2) is 0 Å². The zero-order valence-corrected chi connectivity index (χ0v) is 12.0. The van der Waals surface area contributed by atoms with Gasteiger partial charge in [0, 0.05) is 5.02 Å². The number of benzene rings is 1. The van der Waals surface area contributed by atoms with Gasteiger partial charge in [0.05, 0.1) is 6.54 Å². The molecular formula is C14H18ClNO4. The fraction of sp³-hybridized carbons (Fsp3) is 0.500. The second-order valence-corrected chi connectivity index (χ2v) is 5.23. The highest BCUT2D eigenvalue weighted by Crippen LogP contribution is 2.23. The van der Waals surface area contributed by atoms with Crippen molar-refractivity contribution in [3.05, 3.63) is 29.3 Å². The molecule has 1 fully saturated rings. The van der Waals surface area contributed by atoms with Crippen LogP contribution in [0.15, 0.2) is 24.3 Å². The molecule has 1 saturated carbocycles. The Bertz CT molecular complexity index is 447. The first-order chi connectivity index (χ1) is 9.54. The first-order valence-corrected chi connectivity index (χ1v) is 6.96. The van der Waals surface area contributed by atoms with Crippen LogP contribution in [0.2, 0.25) is 5.02 Å². The van der Waals surface area contributed by atoms with Gasteiger partial charge in [0.15, 0.2) is 0 Å². The van der Waals surface area contributed by atoms with Crippen LogP contribution in [0.25, 0.3) is 0 Å². The van der Waals surface area contributed by atoms with E-state index in [4.69, 9.17) is 21.1 Å². The summed E-state index contributed by atoms with van der Waals surface area (Å²) in [7, 11) is 0. The van der Waals surface area contributed by atoms with Gasteiger partial charge in [0.25, 0.3) is 0 Å². The topological polar surface area (TPSA) is 67.8 Å². The Balaban J connectivity index is 1.69. The van der Waals surface area contributed by atoms with Gasteiger partial charge in [-0.2, -0.15) is 0 Å². The molecule has 0 saturated heterocycles. The van der Waals surface area contributed by atoms with E-state index in [1.807, 2.05) is 0 Å². The molecule has 1 aliphatic rings. The number of rotatable bonds is 7. The van der Waals surface area contributed by atoms with Gasteiger partial charge in [0.1, 0.15) is 17.9 Å². The summed E-state index contributed by atoms with van der Waals surface area (Å²) in [5.41, 5.74) is 0. The third-order valence-electron chi connectivity index (χ3n) is 2.85. The van der Waals surface area contributed by atoms with Crippen molar-refractivity contribution in [1.29, 1.82) is 0 Å². The van der Waals surface area contributed by atoms with Crippen molar-refractivity contribution in [2.75, 3.05) is 6.54 Å². The number of aliphatic hydroxyl groups is 1. The summed E-state index contributed by atoms with van der Waals surface area (Å²) in [5.74, 6) is 0.211. The Morgan fingerprint density at radius 3 is 2.70 bits per heavy atom. The van der Waals surface area contributed by atoms with Crippen LogP contribution < -0.4 is 10.1 Å². The average Bonchev–Trinajstić information content (AvgIpc) is 3.22. The van der Waals surface area contributed by atoms with Gasteiger partial charge in [-0.05, 0) is 44.0 Å². The standard InChI is InChI=1S/C14H18ClNO4/c1-9(14(18)20-12-6-7-12)16-8-13(17)19-11-4-2-10(15)3-5-11/h2-5,9,12-13,16-17H,6-8H2,1H3/t9-,13?/m0/s1. The molecule has 0 aromatic heterocycles. The van der Waals surface area contributed by atoms with Crippen molar-refractivity contribution in [2.24, 2.45) is 0 Å². The van der Waals surface area contributed by atoms with Crippen molar-refractivity contribution in [3.8, 4) is 5.75 Å². The van der Waals surface area contributed by atoms with Crippen LogP contribution in [0.3, 0.4) is 0 Å². The van der Waals surface area contributed by atoms with Gasteiger partial charge >= 0.3 is 5.97 Å². The Hall–Kier alpha value is -1.30. The third-order valence-corrected chi connectivity index (χ3v) is 3.10. The Morgan fingerprint density at radius 2 is 2.10 bits per heavy atom. The lowest BCUT2D eigenvalue weighted by Crippen LogP contribution is -2.41. The molecule has 0 spiro atoms. The molecule has 0 amide bonds. The quantitative estimate of drug-likeness (QED) is 0.593. The molecule has 2 rings (SSSR count). The van der Waals surface area contributed by atoms with E-state index in [0.717, 1.165) is 12.8 Å². The fourth-order valence-electron chi connectivity index (χ4n) is 1.53. The van der Waals surface area contributed by atoms with Crippen LogP contribution in [0.5, 0.6) is 5.75 Å². The van der Waals surface area contributed by atoms with Crippen LogP contribution in [-0.4, -0.2) is 36.1 Å². The highest BCUT2D eigenvalue weighted by atomic mass is 35.5. The lowest BCUT2D eigenvalue weighted by molar-refractivity contribution is -0.147. The van der Waals surface area contributed by atoms with Crippen molar-refractivity contribution in [1.82, 2.24) is 5.32 Å². The summed E-state index contributed by atoms with van der Waals surface area (Å²) in [6, 6.07) is 6.20. The second-order valence-electron chi connectivity index (χ2n) is 4.79. The molecule has 1 aromatic rings. The summed E-state index contributed by atoms with van der Waals surface area (Å²) in [4.78, 5) is 11.6. The van der Waals surface area contributed by atoms with E-state index in [1.54, 1.807) is 31.2 Å². The van der Waals surface area contributed by atoms with Crippen molar-refractivity contribution < 1.29 is 19.4 Å². The number of esters is 1. The average molecular weight is 300 g/mol. The van der Waals surface area contributed by atoms with E-state index in [1.165, 1.54) is 0 Å². The monoisotopic (exact) mass is 299 g/mol. The molecule has 6 heteroatoms. The van der Waals surface area contributed by atoms with Crippen LogP contribution in [0.1, 0.15) is 19.8 Å². The van der Waals surface area contributed by atoms with E-state index < -0.39 is 12.3 Å². The Kier molecular flexibility index (Phi) is 5.23. The molecule has 5 nitrogen and oxygen atoms in total. The molecule has 1 aromatic carbocycles. The van der Waals surface area contributed by atoms with Gasteiger partial charge < -0.3 is 14.6 Å². The fourth-order valence-corrected chi connectivity index (χ4v) is 1.65. The zero-order chi connectivity index (χ0) is 14.5. The minimum absolute atomic E-state index is 0.0852. The molecule has 0 bridgehead atoms. The van der Waals surface area contributed by atoms with Crippen LogP contribution >= 0.6 is 11.6 Å². The Labute approximate surface area is 122 Å². The summed E-state index contributed by atoms with van der Waals surface area (Å²) in [6.45, 7) is 1.82. The lowest BCUT2D eigenvalue weighted by atomic mass is 10.3. The minimum atomic E-state index is -1.05. The number of carbonyl (C=O) groups is 1. The number of hydrogen-bond acceptors (Lipinski definition) is 5. The summed E-state index contributed by atoms with van der Waals surface area (Å²) in [5, 5.41) is 13.2. The maximum atomic E-state index is 11.6. The summed E-state index contributed by atoms with van der Waals surface area (Å²) < 4.78 is 10.4. The predicted molar refractivity (Wildman–Crippen MR) is 74.7 cm³/mol. The maximum absolute atomic E-state index is 11.6. The molecule has 1 unspecified atom stereocenters. The number of halogens is 1. The molecule has 1 aliphatic carbocycles. The highest BCUT2D eigenvalue weighted by Gasteiger charge is 2.28. The molecule has 0 aliphatic heterocycles. The van der Waals surface area contributed by atoms with Gasteiger partial charge in [-0.1, -0.05) is 11.6 Å². The third kappa shape index (κ3) is 5.00. The van der Waals surface area contributed by atoms with Crippen LogP contribution in [0, 0.1) is 0 Å². The Morgan fingerprint density at radius 1 is 1.45 bits per heavy atom. The van der Waals surface area contributed by atoms with Crippen LogP contribution in [-0.2, 0) is 9.53 Å². The van der Waals surface area contributed by atoms with E-state index >= 15 is 0 Å². The normalized spacial score (nSPS) is 17.4. The number of ether oxygens (including phenoxy) is 2. The summed E-state index contributed by atoms with van der Waals surface area (Å²) >= 11 is 5.75. The largest absolute Gasteiger partial charge is 0.464 e. The van der Waals surface area contributed by atoms with Crippen molar-refractivity contribution in [3.63, 3.8) is 0 Å². The zero-order valence-electron chi connectivity index (χ0n) is 11.2. The van der Waals surface area contributed by atoms with Crippen LogP contribution in [0.4, 0.5) is 0 Å². The van der Waals surface area contributed by atoms with E-state index in [2.05, 4.69) is 5.32 Å². The predicted octanol–water partition coefficient (Wildman–Crippen LogP) is 1.72. The second kappa shape index (κ2) is 6.92. The van der Waals surface area contributed by atoms with E-state index in [-0.39, 0.29) is 18.6 Å². The molecule has 0 radical (unpaired) electrons. The molecule has 2 N–H and O–H groups in total. The SMILES string of the molecule is C[C@H](NCC(O)Oc1ccc(Cl)cc1)C(=O)OC1CC1. The van der Waals surface area contributed by atoms with Crippen molar-refractivity contribution >= 4 is 17.6 Å². The van der Waals surface area contributed by atoms with E-state index in [0.29, 0.717) is 10.8 Å². The highest BCUT2D eigenvalue weighted by molar-refractivity contribution is 6.30. The van der Waals surface area contributed by atoms with Gasteiger partial charge in [-0.15, -0.1) is 0 Å². The molecule has 20 heavy (non-hydrogen) atoms. The number of aliphatic hydroxyl groups excluding tert-OH is 1. The number of nitrogens with one attached hydrogen (secondary N) is 1. The molecule has 110 valence electrons. The molecule has 2 atom stereocenters. The maximum Gasteiger partial charge on any atom is 0.323 e. The first kappa shape index (κ1) is 15.1. The number of hydrogen-bond donors (Lipinski definition) is 2. The summed E-state index contributed by atoms with van der Waals surface area (Å²) in [6.07, 6.45) is 0.927. The van der Waals surface area contributed by atoms with Gasteiger partial charge in [0.2, 0.25) is 6.29 Å². The minimum Gasteiger partial charge on any atom is -0.464 e. The molecular weight excluding hydrogens is 282 g/mol. The van der Waals surface area contributed by atoms with Crippen molar-refractivity contribution in [2.45, 2.75) is 38.2 Å². The first-order valence-electron chi connectivity index (χ1n) is 6.59. The van der Waals surface area contributed by atoms with E-state index in [9.17, 15) is 9.90 Å². The number of carbonyl (C=O) groups excluding carboxylic acids is 1. The smallest absolute Gasteiger partial charge is 0.323 e. The molecule has 0 heterocycles.